The van der Waals surface area contributed by atoms with E-state index in [1.165, 1.54) is 45.3 Å². The summed E-state index contributed by atoms with van der Waals surface area (Å²) >= 11 is 0. The van der Waals surface area contributed by atoms with Gasteiger partial charge in [0.15, 0.2) is 0 Å². The highest BCUT2D eigenvalue weighted by atomic mass is 32.2. The van der Waals surface area contributed by atoms with Crippen LogP contribution in [0.25, 0.3) is 0 Å². The molecule has 2 heterocycles. The number of fused-ring (bicyclic) bond motifs is 1. The lowest BCUT2D eigenvalue weighted by Gasteiger charge is -2.20. The van der Waals surface area contributed by atoms with E-state index in [0.717, 1.165) is 9.21 Å². The first-order valence-corrected chi connectivity index (χ1v) is 9.73. The summed E-state index contributed by atoms with van der Waals surface area (Å²) in [5.74, 6) is -1.84. The molecule has 28 heavy (non-hydrogen) atoms. The van der Waals surface area contributed by atoms with Gasteiger partial charge in [-0.25, -0.2) is 17.5 Å². The van der Waals surface area contributed by atoms with Gasteiger partial charge in [0.25, 0.3) is 21.8 Å². The van der Waals surface area contributed by atoms with Gasteiger partial charge in [-0.15, -0.1) is 0 Å². The molecule has 2 amide bonds. The predicted octanol–water partition coefficient (Wildman–Crippen LogP) is 1.26. The van der Waals surface area contributed by atoms with E-state index in [9.17, 15) is 22.8 Å². The maximum absolute atomic E-state index is 12.4. The zero-order valence-corrected chi connectivity index (χ0v) is 16.2. The molecule has 148 valence electrons. The number of imide groups is 1. The van der Waals surface area contributed by atoms with Crippen LogP contribution in [0.3, 0.4) is 0 Å². The minimum Gasteiger partial charge on any atom is -0.456 e. The Bertz CT molecular complexity index is 1020. The van der Waals surface area contributed by atoms with Crippen LogP contribution in [0, 0.1) is 0 Å². The van der Waals surface area contributed by atoms with E-state index < -0.39 is 33.8 Å². The van der Waals surface area contributed by atoms with Crippen molar-refractivity contribution in [3.8, 4) is 0 Å². The number of hydrogen-bond acceptors (Lipinski definition) is 7. The molecule has 0 fully saturated rings. The molecule has 0 aliphatic carbocycles. The van der Waals surface area contributed by atoms with Crippen molar-refractivity contribution in [3.05, 3.63) is 53.3 Å². The van der Waals surface area contributed by atoms with Crippen molar-refractivity contribution < 1.29 is 32.0 Å². The molecule has 1 aromatic heterocycles. The number of sulfonamides is 1. The van der Waals surface area contributed by atoms with Crippen LogP contribution in [-0.2, 0) is 26.2 Å². The summed E-state index contributed by atoms with van der Waals surface area (Å²) < 4.78 is 35.3. The molecule has 0 N–H and O–H groups in total. The number of ether oxygens (including phenoxy) is 1. The minimum absolute atomic E-state index is 0.114. The Balaban J connectivity index is 1.67. The lowest BCUT2D eigenvalue weighted by atomic mass is 10.1. The van der Waals surface area contributed by atoms with Gasteiger partial charge in [0.2, 0.25) is 5.09 Å². The van der Waals surface area contributed by atoms with E-state index in [1.807, 2.05) is 0 Å². The zero-order chi connectivity index (χ0) is 20.6. The van der Waals surface area contributed by atoms with Gasteiger partial charge >= 0.3 is 5.97 Å². The first kappa shape index (κ1) is 19.8. The number of amides is 2. The van der Waals surface area contributed by atoms with Gasteiger partial charge in [0.05, 0.1) is 11.1 Å². The molecule has 10 heteroatoms. The molecular weight excluding hydrogens is 388 g/mol. The van der Waals surface area contributed by atoms with Crippen molar-refractivity contribution >= 4 is 27.8 Å². The second kappa shape index (κ2) is 7.21. The number of benzene rings is 1. The van der Waals surface area contributed by atoms with Crippen LogP contribution in [0.5, 0.6) is 0 Å². The normalized spacial score (nSPS) is 15.1. The fourth-order valence-electron chi connectivity index (χ4n) is 2.68. The van der Waals surface area contributed by atoms with Crippen LogP contribution in [0.2, 0.25) is 0 Å². The Kier molecular flexibility index (Phi) is 5.09. The first-order valence-electron chi connectivity index (χ1n) is 8.29. The van der Waals surface area contributed by atoms with Crippen molar-refractivity contribution in [2.24, 2.45) is 0 Å². The fraction of sp³-hybridized carbons (Fsp3) is 0.278. The molecule has 2 aromatic rings. The van der Waals surface area contributed by atoms with E-state index in [-0.39, 0.29) is 28.6 Å². The van der Waals surface area contributed by atoms with Gasteiger partial charge in [-0.1, -0.05) is 12.1 Å². The average Bonchev–Trinajstić information content (AvgIpc) is 3.24. The summed E-state index contributed by atoms with van der Waals surface area (Å²) in [4.78, 5) is 38.0. The van der Waals surface area contributed by atoms with Gasteiger partial charge in [0, 0.05) is 14.1 Å². The SMILES string of the molecule is CC(C(=O)OCc1ccc(S(=O)(=O)N(C)C)o1)N1C(=O)c2ccccc2C1=O. The molecule has 0 bridgehead atoms. The third-order valence-electron chi connectivity index (χ3n) is 4.28. The lowest BCUT2D eigenvalue weighted by Crippen LogP contribution is -2.43. The van der Waals surface area contributed by atoms with Crippen molar-refractivity contribution in [2.75, 3.05) is 14.1 Å². The molecule has 1 aromatic carbocycles. The number of nitrogens with zero attached hydrogens (tertiary/aromatic N) is 2. The summed E-state index contributed by atoms with van der Waals surface area (Å²) in [7, 11) is -1.02. The van der Waals surface area contributed by atoms with E-state index in [1.54, 1.807) is 12.1 Å². The molecule has 1 aliphatic rings. The molecule has 1 aliphatic heterocycles. The van der Waals surface area contributed by atoms with Crippen LogP contribution in [0.4, 0.5) is 0 Å². The largest absolute Gasteiger partial charge is 0.456 e. The van der Waals surface area contributed by atoms with Crippen LogP contribution in [-0.4, -0.2) is 55.5 Å². The van der Waals surface area contributed by atoms with Crippen LogP contribution < -0.4 is 0 Å². The van der Waals surface area contributed by atoms with Crippen molar-refractivity contribution in [3.63, 3.8) is 0 Å². The number of carbonyl (C=O) groups is 3. The standard InChI is InChI=1S/C18H18N2O7S/c1-11(20-16(21)13-6-4-5-7-14(13)17(20)22)18(23)26-10-12-8-9-15(27-12)28(24,25)19(2)3/h4-9,11H,10H2,1-3H3. The molecule has 0 spiro atoms. The lowest BCUT2D eigenvalue weighted by molar-refractivity contribution is -0.149. The quantitative estimate of drug-likeness (QED) is 0.524. The van der Waals surface area contributed by atoms with E-state index in [2.05, 4.69) is 0 Å². The first-order chi connectivity index (χ1) is 13.1. The van der Waals surface area contributed by atoms with Gasteiger partial charge < -0.3 is 9.15 Å². The third-order valence-corrected chi connectivity index (χ3v) is 5.97. The van der Waals surface area contributed by atoms with E-state index in [0.29, 0.717) is 0 Å². The monoisotopic (exact) mass is 406 g/mol. The van der Waals surface area contributed by atoms with E-state index >= 15 is 0 Å². The van der Waals surface area contributed by atoms with Gasteiger partial charge in [-0.2, -0.15) is 0 Å². The van der Waals surface area contributed by atoms with Gasteiger partial charge in [-0.05, 0) is 31.2 Å². The average molecular weight is 406 g/mol. The van der Waals surface area contributed by atoms with Crippen LogP contribution in [0.1, 0.15) is 33.4 Å². The summed E-state index contributed by atoms with van der Waals surface area (Å²) in [6.07, 6.45) is 0. The van der Waals surface area contributed by atoms with Crippen LogP contribution in [0.15, 0.2) is 45.9 Å². The van der Waals surface area contributed by atoms with Gasteiger partial charge in [-0.3, -0.25) is 14.5 Å². The number of rotatable bonds is 6. The Labute approximate surface area is 161 Å². The molecule has 0 saturated heterocycles. The minimum atomic E-state index is -3.74. The number of carbonyl (C=O) groups excluding carboxylic acids is 3. The zero-order valence-electron chi connectivity index (χ0n) is 15.4. The maximum Gasteiger partial charge on any atom is 0.329 e. The highest BCUT2D eigenvalue weighted by Crippen LogP contribution is 2.25. The number of esters is 1. The number of furan rings is 1. The van der Waals surface area contributed by atoms with Crippen molar-refractivity contribution in [2.45, 2.75) is 24.7 Å². The summed E-state index contributed by atoms with van der Waals surface area (Å²) in [6.45, 7) is 1.05. The molecule has 1 atom stereocenters. The smallest absolute Gasteiger partial charge is 0.329 e. The third kappa shape index (κ3) is 3.32. The molecular formula is C18H18N2O7S. The topological polar surface area (TPSA) is 114 Å². The summed E-state index contributed by atoms with van der Waals surface area (Å²) in [6, 6.07) is 7.78. The predicted molar refractivity (Wildman–Crippen MR) is 95.8 cm³/mol. The fourth-order valence-corrected chi connectivity index (χ4v) is 3.49. The molecule has 0 saturated carbocycles. The molecule has 9 nitrogen and oxygen atoms in total. The van der Waals surface area contributed by atoms with Crippen molar-refractivity contribution in [1.82, 2.24) is 9.21 Å². The van der Waals surface area contributed by atoms with E-state index in [4.69, 9.17) is 9.15 Å². The molecule has 3 rings (SSSR count). The Morgan fingerprint density at radius 2 is 1.68 bits per heavy atom. The van der Waals surface area contributed by atoms with Gasteiger partial charge in [0.1, 0.15) is 18.4 Å². The summed E-state index contributed by atoms with van der Waals surface area (Å²) in [5, 5.41) is -0.281. The summed E-state index contributed by atoms with van der Waals surface area (Å²) in [5.41, 5.74) is 0.466. The van der Waals surface area contributed by atoms with Crippen molar-refractivity contribution in [1.29, 1.82) is 0 Å². The maximum atomic E-state index is 12.4. The second-order valence-corrected chi connectivity index (χ2v) is 8.40. The molecule has 0 radical (unpaired) electrons. The second-order valence-electron chi connectivity index (χ2n) is 6.32. The number of hydrogen-bond donors (Lipinski definition) is 0. The highest BCUT2D eigenvalue weighted by Gasteiger charge is 2.41. The Morgan fingerprint density at radius 3 is 2.21 bits per heavy atom. The molecule has 1 unspecified atom stereocenters. The Hall–Kier alpha value is -2.98. The van der Waals surface area contributed by atoms with Crippen LogP contribution >= 0.6 is 0 Å². The highest BCUT2D eigenvalue weighted by molar-refractivity contribution is 7.88. The Morgan fingerprint density at radius 1 is 1.11 bits per heavy atom.